The highest BCUT2D eigenvalue weighted by Crippen LogP contribution is 2.26. The van der Waals surface area contributed by atoms with E-state index < -0.39 is 0 Å². The van der Waals surface area contributed by atoms with Gasteiger partial charge in [0.25, 0.3) is 0 Å². The minimum atomic E-state index is 0.108. The lowest BCUT2D eigenvalue weighted by molar-refractivity contribution is -0.0343. The molecule has 0 radical (unpaired) electrons. The van der Waals surface area contributed by atoms with Crippen molar-refractivity contribution in [3.8, 4) is 0 Å². The van der Waals surface area contributed by atoms with E-state index in [4.69, 9.17) is 4.74 Å². The minimum absolute atomic E-state index is 0.108. The Bertz CT molecular complexity index is 393. The maximum Gasteiger partial charge on any atom is 0.0779 e. The SMILES string of the molecule is CCOC(C(Cc1cc(C)nn1C)NC)C(C)(C)C. The Morgan fingerprint density at radius 2 is 2.05 bits per heavy atom. The summed E-state index contributed by atoms with van der Waals surface area (Å²) in [5, 5.41) is 7.83. The Hall–Kier alpha value is -0.870. The number of likely N-dealkylation sites (N-methyl/N-ethyl adjacent to an activating group) is 1. The van der Waals surface area contributed by atoms with Crippen LogP contribution < -0.4 is 5.32 Å². The molecule has 1 N–H and O–H groups in total. The molecule has 0 aliphatic heterocycles. The molecule has 0 saturated carbocycles. The Balaban J connectivity index is 2.89. The molecular weight excluding hydrogens is 238 g/mol. The third-order valence-corrected chi connectivity index (χ3v) is 3.46. The first-order chi connectivity index (χ1) is 8.79. The van der Waals surface area contributed by atoms with Gasteiger partial charge in [-0.1, -0.05) is 20.8 Å². The van der Waals surface area contributed by atoms with Crippen molar-refractivity contribution in [3.05, 3.63) is 17.5 Å². The van der Waals surface area contributed by atoms with Gasteiger partial charge in [-0.05, 0) is 32.4 Å². The molecule has 0 spiro atoms. The summed E-state index contributed by atoms with van der Waals surface area (Å²) in [4.78, 5) is 0. The molecule has 1 heterocycles. The molecule has 0 saturated heterocycles. The lowest BCUT2D eigenvalue weighted by atomic mass is 9.83. The average molecular weight is 267 g/mol. The van der Waals surface area contributed by atoms with Gasteiger partial charge in [0.2, 0.25) is 0 Å². The zero-order valence-corrected chi connectivity index (χ0v) is 13.4. The van der Waals surface area contributed by atoms with Crippen LogP contribution in [0.5, 0.6) is 0 Å². The second kappa shape index (κ2) is 6.53. The first-order valence-electron chi connectivity index (χ1n) is 7.08. The highest BCUT2D eigenvalue weighted by molar-refractivity contribution is 5.11. The fourth-order valence-electron chi connectivity index (χ4n) is 2.59. The van der Waals surface area contributed by atoms with Crippen LogP contribution in [0, 0.1) is 12.3 Å². The average Bonchev–Trinajstić information content (AvgIpc) is 2.60. The molecule has 4 nitrogen and oxygen atoms in total. The van der Waals surface area contributed by atoms with Crippen LogP contribution in [0.4, 0.5) is 0 Å². The standard InChI is InChI=1S/C15H29N3O/c1-8-19-14(15(3,4)5)13(16-6)10-12-9-11(2)17-18(12)7/h9,13-14,16H,8,10H2,1-7H3. The predicted octanol–water partition coefficient (Wildman–Crippen LogP) is 2.31. The van der Waals surface area contributed by atoms with E-state index in [-0.39, 0.29) is 17.6 Å². The first-order valence-corrected chi connectivity index (χ1v) is 7.08. The molecule has 0 bridgehead atoms. The lowest BCUT2D eigenvalue weighted by Gasteiger charge is -2.36. The molecule has 1 aromatic heterocycles. The maximum absolute atomic E-state index is 5.99. The molecule has 4 heteroatoms. The number of hydrogen-bond donors (Lipinski definition) is 1. The number of ether oxygens (including phenoxy) is 1. The van der Waals surface area contributed by atoms with E-state index >= 15 is 0 Å². The van der Waals surface area contributed by atoms with Crippen LogP contribution in [0.25, 0.3) is 0 Å². The maximum atomic E-state index is 5.99. The third kappa shape index (κ3) is 4.32. The molecule has 2 unspecified atom stereocenters. The van der Waals surface area contributed by atoms with Gasteiger partial charge in [0.05, 0.1) is 11.8 Å². The van der Waals surface area contributed by atoms with Crippen LogP contribution in [0.15, 0.2) is 6.07 Å². The van der Waals surface area contributed by atoms with Crippen molar-refractivity contribution in [2.75, 3.05) is 13.7 Å². The van der Waals surface area contributed by atoms with E-state index in [9.17, 15) is 0 Å². The summed E-state index contributed by atoms with van der Waals surface area (Å²) < 4.78 is 7.95. The minimum Gasteiger partial charge on any atom is -0.376 e. The Kier molecular flexibility index (Phi) is 5.56. The number of aryl methyl sites for hydroxylation is 2. The second-order valence-electron chi connectivity index (χ2n) is 6.24. The highest BCUT2D eigenvalue weighted by atomic mass is 16.5. The summed E-state index contributed by atoms with van der Waals surface area (Å²) in [6, 6.07) is 2.44. The van der Waals surface area contributed by atoms with Gasteiger partial charge in [0.1, 0.15) is 0 Å². The molecule has 1 aromatic rings. The van der Waals surface area contributed by atoms with Gasteiger partial charge in [-0.2, -0.15) is 5.10 Å². The smallest absolute Gasteiger partial charge is 0.0779 e. The zero-order chi connectivity index (χ0) is 14.6. The number of nitrogens with zero attached hydrogens (tertiary/aromatic N) is 2. The molecule has 0 amide bonds. The molecule has 0 aromatic carbocycles. The zero-order valence-electron chi connectivity index (χ0n) is 13.4. The van der Waals surface area contributed by atoms with Gasteiger partial charge in [-0.15, -0.1) is 0 Å². The normalized spacial score (nSPS) is 15.5. The highest BCUT2D eigenvalue weighted by Gasteiger charge is 2.32. The molecule has 0 aliphatic carbocycles. The third-order valence-electron chi connectivity index (χ3n) is 3.46. The molecule has 0 fully saturated rings. The van der Waals surface area contributed by atoms with Crippen molar-refractivity contribution >= 4 is 0 Å². The van der Waals surface area contributed by atoms with Crippen LogP contribution in [0.1, 0.15) is 39.1 Å². The molecule has 19 heavy (non-hydrogen) atoms. The number of nitrogens with one attached hydrogen (secondary N) is 1. The quantitative estimate of drug-likeness (QED) is 0.859. The topological polar surface area (TPSA) is 39.1 Å². The first kappa shape index (κ1) is 16.2. The fraction of sp³-hybridized carbons (Fsp3) is 0.800. The molecule has 2 atom stereocenters. The van der Waals surface area contributed by atoms with E-state index in [0.29, 0.717) is 0 Å². The van der Waals surface area contributed by atoms with E-state index in [1.54, 1.807) is 0 Å². The van der Waals surface area contributed by atoms with E-state index in [2.05, 4.69) is 44.2 Å². The van der Waals surface area contributed by atoms with E-state index in [1.165, 1.54) is 5.69 Å². The van der Waals surface area contributed by atoms with Gasteiger partial charge in [0.15, 0.2) is 0 Å². The van der Waals surface area contributed by atoms with Crippen molar-refractivity contribution < 1.29 is 4.74 Å². The summed E-state index contributed by atoms with van der Waals surface area (Å²) in [7, 11) is 4.01. The molecule has 0 aliphatic rings. The van der Waals surface area contributed by atoms with Crippen LogP contribution >= 0.6 is 0 Å². The largest absolute Gasteiger partial charge is 0.376 e. The van der Waals surface area contributed by atoms with Crippen LogP contribution in [0.2, 0.25) is 0 Å². The predicted molar refractivity (Wildman–Crippen MR) is 79.4 cm³/mol. The molecule has 1 rings (SSSR count). The van der Waals surface area contributed by atoms with Gasteiger partial charge in [-0.25, -0.2) is 0 Å². The summed E-state index contributed by atoms with van der Waals surface area (Å²) in [6.45, 7) is 11.5. The van der Waals surface area contributed by atoms with Crippen molar-refractivity contribution in [1.29, 1.82) is 0 Å². The van der Waals surface area contributed by atoms with Gasteiger partial charge >= 0.3 is 0 Å². The molecule has 110 valence electrons. The van der Waals surface area contributed by atoms with Crippen molar-refractivity contribution in [3.63, 3.8) is 0 Å². The molecular formula is C15H29N3O. The van der Waals surface area contributed by atoms with Gasteiger partial charge in [-0.3, -0.25) is 4.68 Å². The van der Waals surface area contributed by atoms with Crippen LogP contribution in [-0.2, 0) is 18.2 Å². The summed E-state index contributed by atoms with van der Waals surface area (Å²) in [6.07, 6.45) is 1.10. The second-order valence-corrected chi connectivity index (χ2v) is 6.24. The lowest BCUT2D eigenvalue weighted by Crippen LogP contribution is -2.48. The summed E-state index contributed by atoms with van der Waals surface area (Å²) in [5.74, 6) is 0. The van der Waals surface area contributed by atoms with E-state index in [1.807, 2.05) is 25.7 Å². The van der Waals surface area contributed by atoms with Gasteiger partial charge < -0.3 is 10.1 Å². The number of hydrogen-bond acceptors (Lipinski definition) is 3. The van der Waals surface area contributed by atoms with E-state index in [0.717, 1.165) is 18.7 Å². The Morgan fingerprint density at radius 1 is 1.42 bits per heavy atom. The van der Waals surface area contributed by atoms with Crippen molar-refractivity contribution in [2.24, 2.45) is 12.5 Å². The fourth-order valence-corrected chi connectivity index (χ4v) is 2.59. The Labute approximate surface area is 117 Å². The van der Waals surface area contributed by atoms with Gasteiger partial charge in [0, 0.05) is 31.8 Å². The van der Waals surface area contributed by atoms with Crippen molar-refractivity contribution in [1.82, 2.24) is 15.1 Å². The number of aromatic nitrogens is 2. The van der Waals surface area contributed by atoms with Crippen LogP contribution in [0.3, 0.4) is 0 Å². The Morgan fingerprint density at radius 3 is 2.42 bits per heavy atom. The summed E-state index contributed by atoms with van der Waals surface area (Å²) >= 11 is 0. The summed E-state index contributed by atoms with van der Waals surface area (Å²) in [5.41, 5.74) is 2.42. The number of rotatable bonds is 6. The van der Waals surface area contributed by atoms with Crippen molar-refractivity contribution in [2.45, 2.75) is 53.2 Å². The monoisotopic (exact) mass is 267 g/mol. The van der Waals surface area contributed by atoms with Crippen LogP contribution in [-0.4, -0.2) is 35.6 Å².